The third kappa shape index (κ3) is 4.07. The molecule has 6 heteroatoms. The standard InChI is InChI=1S/C27H28N6/c1-2-4-21(5-3-1)19-32-15-9-27(20-32)10-16-33(17-11-27)26-23-8-14-29-18-24(23)30-25(31-26)22-6-12-28-13-7-22/h1-8,12-14,18H,9-11,15-17,19-20H2. The van der Waals surface area contributed by atoms with Gasteiger partial charge in [-0.25, -0.2) is 9.97 Å². The van der Waals surface area contributed by atoms with Gasteiger partial charge in [0.15, 0.2) is 5.82 Å². The van der Waals surface area contributed by atoms with Gasteiger partial charge in [0.2, 0.25) is 0 Å². The van der Waals surface area contributed by atoms with E-state index in [-0.39, 0.29) is 0 Å². The van der Waals surface area contributed by atoms with Gasteiger partial charge in [0.05, 0.1) is 11.7 Å². The molecule has 1 spiro atoms. The maximum Gasteiger partial charge on any atom is 0.162 e. The van der Waals surface area contributed by atoms with Gasteiger partial charge in [-0.15, -0.1) is 0 Å². The van der Waals surface area contributed by atoms with E-state index in [0.717, 1.165) is 47.7 Å². The number of hydrogen-bond acceptors (Lipinski definition) is 6. The fourth-order valence-electron chi connectivity index (χ4n) is 5.44. The second-order valence-corrected chi connectivity index (χ2v) is 9.43. The van der Waals surface area contributed by atoms with Crippen molar-refractivity contribution in [1.82, 2.24) is 24.8 Å². The zero-order valence-corrected chi connectivity index (χ0v) is 18.8. The molecule has 0 unspecified atom stereocenters. The first kappa shape index (κ1) is 20.2. The molecular weight excluding hydrogens is 408 g/mol. The fourth-order valence-corrected chi connectivity index (χ4v) is 5.44. The lowest BCUT2D eigenvalue weighted by molar-refractivity contribution is 0.206. The van der Waals surface area contributed by atoms with E-state index in [1.165, 1.54) is 37.9 Å². The maximum absolute atomic E-state index is 5.03. The van der Waals surface area contributed by atoms with Crippen molar-refractivity contribution in [2.24, 2.45) is 5.41 Å². The van der Waals surface area contributed by atoms with Gasteiger partial charge in [0.1, 0.15) is 5.82 Å². The molecule has 0 aliphatic carbocycles. The number of aromatic nitrogens is 4. The van der Waals surface area contributed by atoms with E-state index in [1.807, 2.05) is 30.6 Å². The molecule has 5 heterocycles. The third-order valence-electron chi connectivity index (χ3n) is 7.31. The van der Waals surface area contributed by atoms with Crippen molar-refractivity contribution in [2.75, 3.05) is 31.1 Å². The molecule has 0 N–H and O–H groups in total. The molecule has 3 aromatic heterocycles. The van der Waals surface area contributed by atoms with Crippen LogP contribution in [0, 0.1) is 5.41 Å². The van der Waals surface area contributed by atoms with Crippen LogP contribution in [-0.4, -0.2) is 51.0 Å². The van der Waals surface area contributed by atoms with Crippen molar-refractivity contribution in [3.63, 3.8) is 0 Å². The van der Waals surface area contributed by atoms with Crippen LogP contribution in [0.25, 0.3) is 22.3 Å². The number of likely N-dealkylation sites (tertiary alicyclic amines) is 1. The number of rotatable bonds is 4. The minimum atomic E-state index is 0.434. The van der Waals surface area contributed by atoms with Crippen LogP contribution in [0.2, 0.25) is 0 Å². The summed E-state index contributed by atoms with van der Waals surface area (Å²) in [6, 6.07) is 16.8. The van der Waals surface area contributed by atoms with Crippen molar-refractivity contribution in [2.45, 2.75) is 25.8 Å². The molecule has 1 aromatic carbocycles. The van der Waals surface area contributed by atoms with Crippen LogP contribution in [0.3, 0.4) is 0 Å². The van der Waals surface area contributed by atoms with E-state index >= 15 is 0 Å². The zero-order chi connectivity index (χ0) is 22.1. The van der Waals surface area contributed by atoms with Crippen LogP contribution in [0.4, 0.5) is 5.82 Å². The molecule has 2 aliphatic rings. The van der Waals surface area contributed by atoms with Crippen LogP contribution < -0.4 is 4.90 Å². The summed E-state index contributed by atoms with van der Waals surface area (Å²) in [6.45, 7) is 5.52. The first-order valence-electron chi connectivity index (χ1n) is 11.8. The summed E-state index contributed by atoms with van der Waals surface area (Å²) in [6.07, 6.45) is 11.0. The molecule has 0 atom stereocenters. The lowest BCUT2D eigenvalue weighted by atomic mass is 9.77. The molecule has 0 saturated carbocycles. The molecule has 2 aliphatic heterocycles. The van der Waals surface area contributed by atoms with Gasteiger partial charge in [0.25, 0.3) is 0 Å². The molecule has 0 bridgehead atoms. The van der Waals surface area contributed by atoms with Crippen molar-refractivity contribution >= 4 is 16.7 Å². The van der Waals surface area contributed by atoms with Gasteiger partial charge in [-0.2, -0.15) is 0 Å². The Morgan fingerprint density at radius 3 is 2.36 bits per heavy atom. The van der Waals surface area contributed by atoms with E-state index in [9.17, 15) is 0 Å². The molecular formula is C27H28N6. The number of hydrogen-bond donors (Lipinski definition) is 0. The van der Waals surface area contributed by atoms with E-state index in [0.29, 0.717) is 5.41 Å². The van der Waals surface area contributed by atoms with Gasteiger partial charge < -0.3 is 4.90 Å². The molecule has 6 rings (SSSR count). The van der Waals surface area contributed by atoms with Gasteiger partial charge in [-0.05, 0) is 55.0 Å². The first-order valence-corrected chi connectivity index (χ1v) is 11.8. The van der Waals surface area contributed by atoms with Crippen molar-refractivity contribution < 1.29 is 0 Å². The summed E-state index contributed by atoms with van der Waals surface area (Å²) < 4.78 is 0. The first-order chi connectivity index (χ1) is 16.3. The van der Waals surface area contributed by atoms with Gasteiger partial charge in [-0.3, -0.25) is 14.9 Å². The fraction of sp³-hybridized carbons (Fsp3) is 0.333. The Balaban J connectivity index is 1.22. The molecule has 0 amide bonds. The highest BCUT2D eigenvalue weighted by Gasteiger charge is 2.40. The van der Waals surface area contributed by atoms with Crippen LogP contribution in [-0.2, 0) is 6.54 Å². The molecule has 0 radical (unpaired) electrons. The Bertz CT molecular complexity index is 1240. The quantitative estimate of drug-likeness (QED) is 0.467. The topological polar surface area (TPSA) is 58.0 Å². The van der Waals surface area contributed by atoms with E-state index in [1.54, 1.807) is 12.4 Å². The largest absolute Gasteiger partial charge is 0.356 e. The summed E-state index contributed by atoms with van der Waals surface area (Å²) in [5.74, 6) is 1.77. The third-order valence-corrected chi connectivity index (χ3v) is 7.31. The summed E-state index contributed by atoms with van der Waals surface area (Å²) >= 11 is 0. The molecule has 4 aromatic rings. The average molecular weight is 437 g/mol. The Labute approximate surface area is 194 Å². The van der Waals surface area contributed by atoms with E-state index < -0.39 is 0 Å². The Morgan fingerprint density at radius 2 is 1.55 bits per heavy atom. The summed E-state index contributed by atoms with van der Waals surface area (Å²) in [4.78, 5) is 23.4. The Morgan fingerprint density at radius 1 is 0.788 bits per heavy atom. The highest BCUT2D eigenvalue weighted by molar-refractivity contribution is 5.90. The van der Waals surface area contributed by atoms with Crippen LogP contribution >= 0.6 is 0 Å². The normalized spacial score (nSPS) is 18.2. The Kier molecular flexibility index (Phi) is 5.23. The zero-order valence-electron chi connectivity index (χ0n) is 18.8. The van der Waals surface area contributed by atoms with Gasteiger partial charge in [-0.1, -0.05) is 30.3 Å². The number of nitrogens with zero attached hydrogens (tertiary/aromatic N) is 6. The van der Waals surface area contributed by atoms with E-state index in [4.69, 9.17) is 9.97 Å². The summed E-state index contributed by atoms with van der Waals surface area (Å²) in [7, 11) is 0. The molecule has 6 nitrogen and oxygen atoms in total. The number of piperidine rings is 1. The van der Waals surface area contributed by atoms with E-state index in [2.05, 4.69) is 50.1 Å². The summed E-state index contributed by atoms with van der Waals surface area (Å²) in [5.41, 5.74) is 3.72. The SMILES string of the molecule is c1ccc(CN2CCC3(CCN(c4nc(-c5ccncc5)nc5cnccc45)CC3)C2)cc1. The van der Waals surface area contributed by atoms with Gasteiger partial charge in [0, 0.05) is 55.7 Å². The second-order valence-electron chi connectivity index (χ2n) is 9.43. The lowest BCUT2D eigenvalue weighted by Gasteiger charge is -2.40. The minimum Gasteiger partial charge on any atom is -0.356 e. The van der Waals surface area contributed by atoms with Crippen LogP contribution in [0.1, 0.15) is 24.8 Å². The van der Waals surface area contributed by atoms with Crippen LogP contribution in [0.15, 0.2) is 73.3 Å². The van der Waals surface area contributed by atoms with Crippen molar-refractivity contribution in [3.05, 3.63) is 78.9 Å². The Hall–Kier alpha value is -3.38. The molecule has 2 saturated heterocycles. The molecule has 2 fully saturated rings. The van der Waals surface area contributed by atoms with Crippen molar-refractivity contribution in [3.8, 4) is 11.4 Å². The number of benzene rings is 1. The monoisotopic (exact) mass is 436 g/mol. The lowest BCUT2D eigenvalue weighted by Crippen LogP contribution is -2.42. The smallest absolute Gasteiger partial charge is 0.162 e. The molecule has 33 heavy (non-hydrogen) atoms. The predicted octanol–water partition coefficient (Wildman–Crippen LogP) is 4.58. The molecule has 166 valence electrons. The predicted molar refractivity (Wildman–Crippen MR) is 131 cm³/mol. The number of fused-ring (bicyclic) bond motifs is 1. The number of pyridine rings is 2. The maximum atomic E-state index is 5.03. The minimum absolute atomic E-state index is 0.434. The second kappa shape index (κ2) is 8.52. The summed E-state index contributed by atoms with van der Waals surface area (Å²) in [5, 5.41) is 1.08. The average Bonchev–Trinajstić information content (AvgIpc) is 3.26. The highest BCUT2D eigenvalue weighted by Crippen LogP contribution is 2.42. The van der Waals surface area contributed by atoms with Crippen LogP contribution in [0.5, 0.6) is 0 Å². The van der Waals surface area contributed by atoms with Gasteiger partial charge >= 0.3 is 0 Å². The van der Waals surface area contributed by atoms with Crippen molar-refractivity contribution in [1.29, 1.82) is 0 Å². The number of anilines is 1. The highest BCUT2D eigenvalue weighted by atomic mass is 15.2.